The summed E-state index contributed by atoms with van der Waals surface area (Å²) in [6, 6.07) is 26.0. The van der Waals surface area contributed by atoms with Crippen LogP contribution in [0.5, 0.6) is 5.75 Å². The summed E-state index contributed by atoms with van der Waals surface area (Å²) in [6.45, 7) is 1.72. The Kier molecular flexibility index (Phi) is 9.54. The minimum Gasteiger partial charge on any atom is -0.496 e. The number of methoxy groups -OCH3 is 1. The van der Waals surface area contributed by atoms with Gasteiger partial charge in [-0.3, -0.25) is 0 Å². The minimum atomic E-state index is -0.356. The first kappa shape index (κ1) is 27.3. The summed E-state index contributed by atoms with van der Waals surface area (Å²) >= 11 is 0. The molecule has 0 aliphatic carbocycles. The van der Waals surface area contributed by atoms with Crippen LogP contribution < -0.4 is 15.2 Å². The second kappa shape index (κ2) is 13.7. The number of ether oxygens (including phenoxy) is 5. The number of rotatable bonds is 10. The second-order valence-corrected chi connectivity index (χ2v) is 10.2. The van der Waals surface area contributed by atoms with Crippen molar-refractivity contribution in [1.29, 1.82) is 0 Å². The minimum absolute atomic E-state index is 0.0456. The van der Waals surface area contributed by atoms with Crippen molar-refractivity contribution in [3.05, 3.63) is 100 Å². The van der Waals surface area contributed by atoms with Crippen molar-refractivity contribution in [2.75, 3.05) is 13.7 Å². The molecule has 0 unspecified atom stereocenters. The van der Waals surface area contributed by atoms with Crippen LogP contribution in [0, 0.1) is 0 Å². The highest BCUT2D eigenvalue weighted by Gasteiger charge is 2.32. The Morgan fingerprint density at radius 2 is 1.59 bits per heavy atom. The van der Waals surface area contributed by atoms with Crippen molar-refractivity contribution >= 4 is 12.0 Å². The van der Waals surface area contributed by atoms with Crippen molar-refractivity contribution in [2.45, 2.75) is 69.7 Å². The maximum Gasteiger partial charge on any atom is 0.342 e. The predicted molar refractivity (Wildman–Crippen MR) is 149 cm³/mol. The lowest BCUT2D eigenvalue weighted by Gasteiger charge is -2.36. The van der Waals surface area contributed by atoms with Crippen molar-refractivity contribution in [3.63, 3.8) is 0 Å². The van der Waals surface area contributed by atoms with Crippen LogP contribution >= 0.6 is 0 Å². The molecule has 2 bridgehead atoms. The Hall–Kier alpha value is -3.32. The molecule has 205 valence electrons. The largest absolute Gasteiger partial charge is 0.496 e. The molecule has 2 aliphatic heterocycles. The lowest BCUT2D eigenvalue weighted by molar-refractivity contribution is -0.112. The van der Waals surface area contributed by atoms with Crippen LogP contribution in [0.1, 0.15) is 43.2 Å². The highest BCUT2D eigenvalue weighted by Crippen LogP contribution is 2.29. The van der Waals surface area contributed by atoms with Crippen LogP contribution in [0.2, 0.25) is 0 Å². The van der Waals surface area contributed by atoms with Crippen LogP contribution in [0.25, 0.3) is 12.0 Å². The molecule has 1 radical (unpaired) electrons. The quantitative estimate of drug-likeness (QED) is 0.350. The van der Waals surface area contributed by atoms with Gasteiger partial charge in [-0.25, -0.2) is 5.11 Å². The van der Waals surface area contributed by atoms with E-state index in [1.807, 2.05) is 54.6 Å². The summed E-state index contributed by atoms with van der Waals surface area (Å²) in [4.78, 5) is 0. The third-order valence-corrected chi connectivity index (χ3v) is 7.29. The molecule has 0 amide bonds. The summed E-state index contributed by atoms with van der Waals surface area (Å²) in [7, 11) is 1.57. The number of hydrogen-bond donors (Lipinski definition) is 0. The summed E-state index contributed by atoms with van der Waals surface area (Å²) in [5.74, 6) is 0.147. The molecule has 0 aromatic heterocycles. The molecule has 3 aromatic carbocycles. The molecule has 6 nitrogen and oxygen atoms in total. The van der Waals surface area contributed by atoms with Gasteiger partial charge in [-0.15, -0.1) is 0 Å². The van der Waals surface area contributed by atoms with Crippen LogP contribution in [-0.2, 0) is 37.3 Å². The molecule has 0 saturated carbocycles. The summed E-state index contributed by atoms with van der Waals surface area (Å²) < 4.78 is 30.4. The third-order valence-electron chi connectivity index (χ3n) is 7.29. The van der Waals surface area contributed by atoms with E-state index in [2.05, 4.69) is 24.3 Å². The SMILES string of the molecule is COc1cccc2c1=C([O])O[C@@H](CCCOCc1ccccc1)C[C@H]1C[C@H](OCc3ccccc3)C[C@H](C=2)O1. The van der Waals surface area contributed by atoms with Gasteiger partial charge in [0.05, 0.1) is 38.6 Å². The molecule has 0 spiro atoms. The summed E-state index contributed by atoms with van der Waals surface area (Å²) in [6.07, 6.45) is 5.10. The van der Waals surface area contributed by atoms with Crippen molar-refractivity contribution in [1.82, 2.24) is 0 Å². The average Bonchev–Trinajstić information content (AvgIpc) is 2.96. The van der Waals surface area contributed by atoms with Crippen LogP contribution in [0.3, 0.4) is 0 Å². The third kappa shape index (κ3) is 7.63. The normalized spacial score (nSPS) is 22.7. The fourth-order valence-corrected chi connectivity index (χ4v) is 5.37. The van der Waals surface area contributed by atoms with Gasteiger partial charge in [0.1, 0.15) is 17.1 Å². The zero-order chi connectivity index (χ0) is 26.9. The van der Waals surface area contributed by atoms with E-state index in [1.165, 1.54) is 0 Å². The Labute approximate surface area is 230 Å². The molecule has 3 aromatic rings. The highest BCUT2D eigenvalue weighted by atomic mass is 16.6. The Balaban J connectivity index is 1.32. The van der Waals surface area contributed by atoms with Crippen molar-refractivity contribution in [2.24, 2.45) is 0 Å². The van der Waals surface area contributed by atoms with E-state index in [9.17, 15) is 5.11 Å². The lowest BCUT2D eigenvalue weighted by Crippen LogP contribution is -2.41. The first-order valence-corrected chi connectivity index (χ1v) is 13.8. The summed E-state index contributed by atoms with van der Waals surface area (Å²) in [5.41, 5.74) is 2.30. The standard InChI is InChI=1S/C33H37O6/c1-35-31-16-8-14-26-18-29-20-28(37-23-25-12-6-3-7-13-25)21-30(38-29)19-27(39-33(34)32(26)31)15-9-17-36-22-24-10-4-2-5-11-24/h2-8,10-14,16,18,27-30H,9,15,17,19-23H2,1H3/t27-,28+,29-,30-/m0/s1. The van der Waals surface area contributed by atoms with Gasteiger partial charge in [-0.1, -0.05) is 72.8 Å². The van der Waals surface area contributed by atoms with Gasteiger partial charge in [0.15, 0.2) is 0 Å². The van der Waals surface area contributed by atoms with Crippen LogP contribution in [0.15, 0.2) is 78.9 Å². The van der Waals surface area contributed by atoms with Gasteiger partial charge >= 0.3 is 5.95 Å². The fraction of sp³-hybridized carbons (Fsp3) is 0.394. The van der Waals surface area contributed by atoms with Gasteiger partial charge in [0.25, 0.3) is 0 Å². The second-order valence-electron chi connectivity index (χ2n) is 10.2. The maximum atomic E-state index is 13.4. The molecule has 39 heavy (non-hydrogen) atoms. The Morgan fingerprint density at radius 3 is 2.33 bits per heavy atom. The molecule has 2 heterocycles. The summed E-state index contributed by atoms with van der Waals surface area (Å²) in [5, 5.41) is 14.6. The van der Waals surface area contributed by atoms with Gasteiger partial charge in [-0.2, -0.15) is 0 Å². The molecular formula is C33H37O6. The number of fused-ring (bicyclic) bond motifs is 3. The first-order valence-electron chi connectivity index (χ1n) is 13.8. The first-order chi connectivity index (χ1) is 19.2. The highest BCUT2D eigenvalue weighted by molar-refractivity contribution is 5.42. The van der Waals surface area contributed by atoms with E-state index in [-0.39, 0.29) is 30.4 Å². The number of benzene rings is 3. The molecule has 0 N–H and O–H groups in total. The molecule has 2 aliphatic rings. The van der Waals surface area contributed by atoms with Gasteiger partial charge in [0, 0.05) is 25.9 Å². The fourth-order valence-electron chi connectivity index (χ4n) is 5.37. The topological polar surface area (TPSA) is 66.1 Å². The van der Waals surface area contributed by atoms with E-state index in [4.69, 9.17) is 23.7 Å². The molecular weight excluding hydrogens is 492 g/mol. The van der Waals surface area contributed by atoms with Gasteiger partial charge < -0.3 is 23.7 Å². The van der Waals surface area contributed by atoms with Crippen molar-refractivity contribution in [3.8, 4) is 5.75 Å². The van der Waals surface area contributed by atoms with Gasteiger partial charge in [-0.05, 0) is 41.3 Å². The Bertz CT molecular complexity index is 1290. The molecule has 1 saturated heterocycles. The zero-order valence-electron chi connectivity index (χ0n) is 22.5. The van der Waals surface area contributed by atoms with E-state index < -0.39 is 0 Å². The van der Waals surface area contributed by atoms with E-state index in [1.54, 1.807) is 13.2 Å². The molecule has 4 atom stereocenters. The molecule has 5 rings (SSSR count). The average molecular weight is 530 g/mol. The Morgan fingerprint density at radius 1 is 0.846 bits per heavy atom. The van der Waals surface area contributed by atoms with E-state index >= 15 is 0 Å². The maximum absolute atomic E-state index is 13.4. The monoisotopic (exact) mass is 529 g/mol. The van der Waals surface area contributed by atoms with Crippen LogP contribution in [0.4, 0.5) is 0 Å². The van der Waals surface area contributed by atoms with E-state index in [0.29, 0.717) is 43.6 Å². The lowest BCUT2D eigenvalue weighted by atomic mass is 9.94. The zero-order valence-corrected chi connectivity index (χ0v) is 22.5. The van der Waals surface area contributed by atoms with E-state index in [0.717, 1.165) is 35.6 Å². The van der Waals surface area contributed by atoms with Gasteiger partial charge in [0.2, 0.25) is 0 Å². The molecule has 6 heteroatoms. The predicted octanol–water partition coefficient (Wildman–Crippen LogP) is 4.89. The van der Waals surface area contributed by atoms with Crippen LogP contribution in [-0.4, -0.2) is 38.1 Å². The van der Waals surface area contributed by atoms with Crippen molar-refractivity contribution < 1.29 is 28.8 Å². The smallest absolute Gasteiger partial charge is 0.342 e. The molecule has 1 fully saturated rings. The number of hydrogen-bond acceptors (Lipinski definition) is 5.